The fourth-order valence-electron chi connectivity index (χ4n) is 6.93. The summed E-state index contributed by atoms with van der Waals surface area (Å²) in [5.74, 6) is 1.67. The van der Waals surface area contributed by atoms with Crippen LogP contribution in [0.3, 0.4) is 0 Å². The summed E-state index contributed by atoms with van der Waals surface area (Å²) in [5, 5.41) is 3.34. The summed E-state index contributed by atoms with van der Waals surface area (Å²) in [7, 11) is 2.31. The minimum Gasteiger partial charge on any atom is -0.356 e. The summed E-state index contributed by atoms with van der Waals surface area (Å²) < 4.78 is 0. The Morgan fingerprint density at radius 2 is 1.83 bits per heavy atom. The van der Waals surface area contributed by atoms with Gasteiger partial charge in [0.2, 0.25) is 5.91 Å². The topological polar surface area (TPSA) is 32.3 Å². The Balaban J connectivity index is 0.00000256. The van der Waals surface area contributed by atoms with Crippen LogP contribution in [0.25, 0.3) is 0 Å². The molecule has 0 radical (unpaired) electrons. The van der Waals surface area contributed by atoms with E-state index in [-0.39, 0.29) is 24.2 Å². The first-order valence-corrected chi connectivity index (χ1v) is 12.0. The van der Waals surface area contributed by atoms with Gasteiger partial charge in [-0.3, -0.25) is 4.79 Å². The highest BCUT2D eigenvalue weighted by molar-refractivity contribution is 5.85. The number of benzene rings is 1. The molecule has 1 aromatic carbocycles. The number of rotatable bonds is 7. The Labute approximate surface area is 189 Å². The van der Waals surface area contributed by atoms with E-state index in [2.05, 4.69) is 55.4 Å². The molecule has 4 aliphatic rings. The van der Waals surface area contributed by atoms with Gasteiger partial charge in [-0.25, -0.2) is 0 Å². The second kappa shape index (κ2) is 9.61. The van der Waals surface area contributed by atoms with Gasteiger partial charge in [0.15, 0.2) is 0 Å². The summed E-state index contributed by atoms with van der Waals surface area (Å²) in [4.78, 5) is 15.9. The lowest BCUT2D eigenvalue weighted by Crippen LogP contribution is -2.72. The van der Waals surface area contributed by atoms with Crippen LogP contribution in [0.1, 0.15) is 83.1 Å². The predicted octanol–water partition coefficient (Wildman–Crippen LogP) is 5.79. The molecule has 5 rings (SSSR count). The number of carbonyl (C=O) groups excluding carboxylic acids is 1. The first-order valence-electron chi connectivity index (χ1n) is 12.0. The molecule has 2 saturated heterocycles. The Kier molecular flexibility index (Phi) is 7.56. The standard InChI is InChI=1S/C26H40N2O.ClH/c1-25(2)22-15-18-28(3)26(25,19-22)16-10-17-27-24(29)23(20-11-6-4-7-12-20)21-13-8-5-9-14-21;/h4,6-7,11-12,21-23H,5,8-10,13-19H2,1-3H3,(H,27,29);1H. The van der Waals surface area contributed by atoms with Gasteiger partial charge in [-0.05, 0) is 74.9 Å². The number of fused-ring (bicyclic) bond motifs is 2. The molecule has 2 saturated carbocycles. The van der Waals surface area contributed by atoms with Gasteiger partial charge in [0.1, 0.15) is 0 Å². The van der Waals surface area contributed by atoms with Gasteiger partial charge in [0, 0.05) is 12.1 Å². The van der Waals surface area contributed by atoms with E-state index in [1.54, 1.807) is 0 Å². The summed E-state index contributed by atoms with van der Waals surface area (Å²) in [6, 6.07) is 10.5. The summed E-state index contributed by atoms with van der Waals surface area (Å²) >= 11 is 0. The third-order valence-electron chi connectivity index (χ3n) is 8.98. The van der Waals surface area contributed by atoms with Crippen molar-refractivity contribution in [3.63, 3.8) is 0 Å². The van der Waals surface area contributed by atoms with Crippen molar-refractivity contribution in [2.75, 3.05) is 20.1 Å². The Hall–Kier alpha value is -1.06. The smallest absolute Gasteiger partial charge is 0.227 e. The van der Waals surface area contributed by atoms with Gasteiger partial charge in [0.05, 0.1) is 5.92 Å². The third kappa shape index (κ3) is 4.17. The Morgan fingerprint density at radius 3 is 2.47 bits per heavy atom. The van der Waals surface area contributed by atoms with Crippen LogP contribution < -0.4 is 5.32 Å². The normalized spacial score (nSPS) is 29.4. The fraction of sp³-hybridized carbons (Fsp3) is 0.731. The first kappa shape index (κ1) is 23.6. The minimum absolute atomic E-state index is 0. The highest BCUT2D eigenvalue weighted by Crippen LogP contribution is 2.63. The molecule has 30 heavy (non-hydrogen) atoms. The van der Waals surface area contributed by atoms with Gasteiger partial charge in [0.25, 0.3) is 0 Å². The van der Waals surface area contributed by atoms with Gasteiger partial charge >= 0.3 is 0 Å². The van der Waals surface area contributed by atoms with E-state index >= 15 is 0 Å². The number of nitrogens with zero attached hydrogens (tertiary/aromatic N) is 1. The van der Waals surface area contributed by atoms with Crippen LogP contribution in [0.2, 0.25) is 0 Å². The SMILES string of the molecule is CN1CCC2CC1(CCCNC(=O)C(c1ccccc1)C1CCCCC1)C2(C)C.Cl. The van der Waals surface area contributed by atoms with Crippen molar-refractivity contribution < 1.29 is 4.79 Å². The highest BCUT2D eigenvalue weighted by atomic mass is 35.5. The fourth-order valence-corrected chi connectivity index (χ4v) is 6.93. The van der Waals surface area contributed by atoms with Crippen molar-refractivity contribution in [3.05, 3.63) is 35.9 Å². The van der Waals surface area contributed by atoms with Crippen molar-refractivity contribution in [2.45, 2.75) is 83.1 Å². The molecule has 1 amide bonds. The molecule has 2 heterocycles. The molecule has 0 aromatic heterocycles. The maximum atomic E-state index is 13.3. The van der Waals surface area contributed by atoms with Crippen molar-refractivity contribution in [1.82, 2.24) is 10.2 Å². The van der Waals surface area contributed by atoms with Crippen LogP contribution in [0.5, 0.6) is 0 Å². The molecular formula is C26H41ClN2O. The zero-order valence-electron chi connectivity index (χ0n) is 19.2. The van der Waals surface area contributed by atoms with Crippen LogP contribution in [0.4, 0.5) is 0 Å². The number of hydrogen-bond donors (Lipinski definition) is 1. The van der Waals surface area contributed by atoms with Crippen LogP contribution in [0.15, 0.2) is 30.3 Å². The third-order valence-corrected chi connectivity index (χ3v) is 8.98. The number of halogens is 1. The molecular weight excluding hydrogens is 392 g/mol. The monoisotopic (exact) mass is 432 g/mol. The molecule has 1 aromatic rings. The van der Waals surface area contributed by atoms with E-state index in [9.17, 15) is 4.79 Å². The summed E-state index contributed by atoms with van der Waals surface area (Å²) in [5.41, 5.74) is 1.96. The van der Waals surface area contributed by atoms with Gasteiger partial charge in [-0.2, -0.15) is 0 Å². The molecule has 2 aliphatic carbocycles. The maximum Gasteiger partial charge on any atom is 0.227 e. The molecule has 1 N–H and O–H groups in total. The molecule has 2 aliphatic heterocycles. The summed E-state index contributed by atoms with van der Waals surface area (Å²) in [6.45, 7) is 6.97. The van der Waals surface area contributed by atoms with Crippen LogP contribution in [0, 0.1) is 17.3 Å². The van der Waals surface area contributed by atoms with E-state index in [1.165, 1.54) is 63.5 Å². The lowest BCUT2D eigenvalue weighted by Gasteiger charge is -2.70. The molecule has 168 valence electrons. The maximum absolute atomic E-state index is 13.3. The second-order valence-corrected chi connectivity index (χ2v) is 10.5. The molecule has 4 heteroatoms. The van der Waals surface area contributed by atoms with Gasteiger partial charge in [-0.15, -0.1) is 12.4 Å². The zero-order valence-corrected chi connectivity index (χ0v) is 20.0. The average Bonchev–Trinajstić information content (AvgIpc) is 2.73. The van der Waals surface area contributed by atoms with Crippen LogP contribution in [-0.2, 0) is 4.79 Å². The quantitative estimate of drug-likeness (QED) is 0.553. The van der Waals surface area contributed by atoms with E-state index in [0.29, 0.717) is 16.9 Å². The minimum atomic E-state index is 0. The molecule has 4 fully saturated rings. The summed E-state index contributed by atoms with van der Waals surface area (Å²) in [6.07, 6.45) is 11.2. The lowest BCUT2D eigenvalue weighted by molar-refractivity contribution is -0.188. The first-order chi connectivity index (χ1) is 14.0. The van der Waals surface area contributed by atoms with Crippen LogP contribution >= 0.6 is 12.4 Å². The number of nitrogens with one attached hydrogen (secondary N) is 1. The molecule has 3 nitrogen and oxygen atoms in total. The van der Waals surface area contributed by atoms with E-state index in [4.69, 9.17) is 0 Å². The van der Waals surface area contributed by atoms with Crippen molar-refractivity contribution in [1.29, 1.82) is 0 Å². The average molecular weight is 433 g/mol. The molecule has 0 spiro atoms. The number of hydrogen-bond acceptors (Lipinski definition) is 2. The van der Waals surface area contributed by atoms with Crippen molar-refractivity contribution >= 4 is 18.3 Å². The van der Waals surface area contributed by atoms with Crippen molar-refractivity contribution in [2.24, 2.45) is 17.3 Å². The Bertz CT molecular complexity index is 700. The van der Waals surface area contributed by atoms with Crippen molar-refractivity contribution in [3.8, 4) is 0 Å². The molecule has 3 atom stereocenters. The largest absolute Gasteiger partial charge is 0.356 e. The second-order valence-electron chi connectivity index (χ2n) is 10.5. The lowest BCUT2D eigenvalue weighted by atomic mass is 9.45. The number of amides is 1. The van der Waals surface area contributed by atoms with E-state index in [1.807, 2.05) is 6.07 Å². The van der Waals surface area contributed by atoms with E-state index in [0.717, 1.165) is 18.9 Å². The van der Waals surface area contributed by atoms with E-state index < -0.39 is 0 Å². The Morgan fingerprint density at radius 1 is 1.13 bits per heavy atom. The predicted molar refractivity (Wildman–Crippen MR) is 127 cm³/mol. The highest BCUT2D eigenvalue weighted by Gasteiger charge is 2.63. The molecule has 2 bridgehead atoms. The van der Waals surface area contributed by atoms with Gasteiger partial charge in [-0.1, -0.05) is 63.4 Å². The van der Waals surface area contributed by atoms with Gasteiger partial charge < -0.3 is 10.2 Å². The molecule has 3 unspecified atom stereocenters. The zero-order chi connectivity index (χ0) is 20.5. The number of piperidine rings is 2. The number of carbonyl (C=O) groups is 1. The van der Waals surface area contributed by atoms with Crippen LogP contribution in [-0.4, -0.2) is 36.5 Å².